The lowest BCUT2D eigenvalue weighted by molar-refractivity contribution is 0.101. The molecule has 0 bridgehead atoms. The van der Waals surface area contributed by atoms with Crippen molar-refractivity contribution in [1.29, 1.82) is 0 Å². The molecule has 1 saturated carbocycles. The largest absolute Gasteiger partial charge is 0.393 e. The van der Waals surface area contributed by atoms with E-state index < -0.39 is 0 Å². The first kappa shape index (κ1) is 14.8. The van der Waals surface area contributed by atoms with Gasteiger partial charge in [-0.2, -0.15) is 0 Å². The summed E-state index contributed by atoms with van der Waals surface area (Å²) in [6.07, 6.45) is 3.66. The minimum Gasteiger partial charge on any atom is -0.393 e. The van der Waals surface area contributed by atoms with Crippen molar-refractivity contribution < 1.29 is 9.90 Å². The molecule has 0 saturated heterocycles. The molecule has 2 atom stereocenters. The van der Waals surface area contributed by atoms with Crippen LogP contribution in [0.3, 0.4) is 0 Å². The Morgan fingerprint density at radius 3 is 2.95 bits per heavy atom. The summed E-state index contributed by atoms with van der Waals surface area (Å²) in [4.78, 5) is 12.8. The van der Waals surface area contributed by atoms with Crippen LogP contribution in [0, 0.1) is 5.92 Å². The van der Waals surface area contributed by atoms with E-state index >= 15 is 0 Å². The molecule has 106 valence electrons. The second kappa shape index (κ2) is 7.26. The van der Waals surface area contributed by atoms with Crippen LogP contribution in [0.15, 0.2) is 15.9 Å². The van der Waals surface area contributed by atoms with Gasteiger partial charge in [0.25, 0.3) is 0 Å². The SMILES string of the molecule is O=C(NCc1ccc(Br)s1)NCC1CCCC(O)C1. The number of carbonyl (C=O) groups excluding carboxylic acids is 1. The van der Waals surface area contributed by atoms with E-state index in [1.165, 1.54) is 0 Å². The molecule has 2 amide bonds. The van der Waals surface area contributed by atoms with E-state index in [1.807, 2.05) is 12.1 Å². The van der Waals surface area contributed by atoms with Crippen molar-refractivity contribution in [2.24, 2.45) is 5.92 Å². The molecule has 3 N–H and O–H groups in total. The summed E-state index contributed by atoms with van der Waals surface area (Å²) < 4.78 is 1.07. The molecule has 2 rings (SSSR count). The molecule has 0 aliphatic heterocycles. The molecular formula is C13H19BrN2O2S. The Kier molecular flexibility index (Phi) is 5.66. The zero-order valence-electron chi connectivity index (χ0n) is 10.7. The number of rotatable bonds is 4. The number of amides is 2. The topological polar surface area (TPSA) is 61.4 Å². The van der Waals surface area contributed by atoms with Crippen LogP contribution < -0.4 is 10.6 Å². The number of hydrogen-bond acceptors (Lipinski definition) is 3. The Hall–Kier alpha value is -0.590. The summed E-state index contributed by atoms with van der Waals surface area (Å²) in [5.74, 6) is 0.408. The van der Waals surface area contributed by atoms with Crippen LogP contribution in [-0.2, 0) is 6.54 Å². The van der Waals surface area contributed by atoms with Gasteiger partial charge < -0.3 is 15.7 Å². The maximum Gasteiger partial charge on any atom is 0.315 e. The highest BCUT2D eigenvalue weighted by Gasteiger charge is 2.20. The van der Waals surface area contributed by atoms with Gasteiger partial charge in [0.05, 0.1) is 16.4 Å². The molecule has 0 aromatic carbocycles. The van der Waals surface area contributed by atoms with E-state index in [1.54, 1.807) is 11.3 Å². The van der Waals surface area contributed by atoms with Crippen LogP contribution in [0.25, 0.3) is 0 Å². The third-order valence-corrected chi connectivity index (χ3v) is 4.98. The van der Waals surface area contributed by atoms with Crippen LogP contribution in [0.1, 0.15) is 30.6 Å². The van der Waals surface area contributed by atoms with Gasteiger partial charge in [-0.25, -0.2) is 4.79 Å². The van der Waals surface area contributed by atoms with Gasteiger partial charge >= 0.3 is 6.03 Å². The molecular weight excluding hydrogens is 328 g/mol. The van der Waals surface area contributed by atoms with Crippen molar-refractivity contribution in [2.75, 3.05) is 6.54 Å². The molecule has 1 aromatic rings. The predicted octanol–water partition coefficient (Wildman–Crippen LogP) is 2.86. The fraction of sp³-hybridized carbons (Fsp3) is 0.615. The molecule has 0 radical (unpaired) electrons. The fourth-order valence-electron chi connectivity index (χ4n) is 2.36. The quantitative estimate of drug-likeness (QED) is 0.784. The zero-order chi connectivity index (χ0) is 13.7. The van der Waals surface area contributed by atoms with Crippen molar-refractivity contribution in [1.82, 2.24) is 10.6 Å². The van der Waals surface area contributed by atoms with Crippen molar-refractivity contribution in [3.63, 3.8) is 0 Å². The van der Waals surface area contributed by atoms with E-state index in [0.29, 0.717) is 19.0 Å². The summed E-state index contributed by atoms with van der Waals surface area (Å²) in [6.45, 7) is 1.20. The predicted molar refractivity (Wildman–Crippen MR) is 80.2 cm³/mol. The molecule has 4 nitrogen and oxygen atoms in total. The molecule has 0 spiro atoms. The summed E-state index contributed by atoms with van der Waals surface area (Å²) in [5.41, 5.74) is 0. The lowest BCUT2D eigenvalue weighted by atomic mass is 9.87. The first-order chi connectivity index (χ1) is 9.13. The van der Waals surface area contributed by atoms with Crippen LogP contribution >= 0.6 is 27.3 Å². The van der Waals surface area contributed by atoms with Crippen molar-refractivity contribution in [3.05, 3.63) is 20.8 Å². The number of nitrogens with one attached hydrogen (secondary N) is 2. The lowest BCUT2D eigenvalue weighted by Gasteiger charge is -2.25. The van der Waals surface area contributed by atoms with E-state index in [9.17, 15) is 9.90 Å². The number of urea groups is 1. The van der Waals surface area contributed by atoms with Gasteiger partial charge in [0.15, 0.2) is 0 Å². The van der Waals surface area contributed by atoms with Gasteiger partial charge in [-0.3, -0.25) is 0 Å². The third kappa shape index (κ3) is 5.12. The highest BCUT2D eigenvalue weighted by atomic mass is 79.9. The van der Waals surface area contributed by atoms with Gasteiger partial charge in [0, 0.05) is 11.4 Å². The minimum absolute atomic E-state index is 0.135. The standard InChI is InChI=1S/C13H19BrN2O2S/c14-12-5-4-11(19-12)8-16-13(18)15-7-9-2-1-3-10(17)6-9/h4-5,9-10,17H,1-3,6-8H2,(H2,15,16,18). The Bertz CT molecular complexity index is 425. The first-order valence-electron chi connectivity index (χ1n) is 6.57. The molecule has 1 aromatic heterocycles. The lowest BCUT2D eigenvalue weighted by Crippen LogP contribution is -2.39. The Labute approximate surface area is 125 Å². The van der Waals surface area contributed by atoms with E-state index in [2.05, 4.69) is 26.6 Å². The second-order valence-corrected chi connectivity index (χ2v) is 7.50. The Morgan fingerprint density at radius 2 is 2.26 bits per heavy atom. The van der Waals surface area contributed by atoms with Crippen molar-refractivity contribution in [3.8, 4) is 0 Å². The van der Waals surface area contributed by atoms with Crippen LogP contribution in [0.5, 0.6) is 0 Å². The highest BCUT2D eigenvalue weighted by molar-refractivity contribution is 9.11. The number of aliphatic hydroxyl groups excluding tert-OH is 1. The maximum absolute atomic E-state index is 11.7. The second-order valence-electron chi connectivity index (χ2n) is 4.96. The van der Waals surface area contributed by atoms with Gasteiger partial charge in [-0.05, 0) is 53.2 Å². The normalized spacial score (nSPS) is 23.1. The summed E-state index contributed by atoms with van der Waals surface area (Å²) in [6, 6.07) is 3.83. The number of halogens is 1. The maximum atomic E-state index is 11.7. The van der Waals surface area contributed by atoms with Crippen LogP contribution in [0.2, 0.25) is 0 Å². The zero-order valence-corrected chi connectivity index (χ0v) is 13.1. The van der Waals surface area contributed by atoms with Crippen LogP contribution in [0.4, 0.5) is 4.79 Å². The smallest absolute Gasteiger partial charge is 0.315 e. The highest BCUT2D eigenvalue weighted by Crippen LogP contribution is 2.23. The number of thiophene rings is 1. The average molecular weight is 347 g/mol. The minimum atomic E-state index is -0.188. The molecule has 1 heterocycles. The fourth-order valence-corrected chi connectivity index (χ4v) is 3.78. The number of hydrogen-bond donors (Lipinski definition) is 3. The summed E-state index contributed by atoms with van der Waals surface area (Å²) >= 11 is 5.01. The molecule has 6 heteroatoms. The first-order valence-corrected chi connectivity index (χ1v) is 8.18. The molecule has 1 fully saturated rings. The average Bonchev–Trinajstić information content (AvgIpc) is 2.80. The monoisotopic (exact) mass is 346 g/mol. The van der Waals surface area contributed by atoms with Crippen molar-refractivity contribution in [2.45, 2.75) is 38.3 Å². The molecule has 2 unspecified atom stereocenters. The van der Waals surface area contributed by atoms with Crippen molar-refractivity contribution >= 4 is 33.3 Å². The van der Waals surface area contributed by atoms with E-state index in [4.69, 9.17) is 0 Å². The summed E-state index contributed by atoms with van der Waals surface area (Å²) in [7, 11) is 0. The summed E-state index contributed by atoms with van der Waals surface area (Å²) in [5, 5.41) is 15.3. The van der Waals surface area contributed by atoms with Gasteiger partial charge in [0.1, 0.15) is 0 Å². The Balaban J connectivity index is 1.64. The number of carbonyl (C=O) groups is 1. The Morgan fingerprint density at radius 1 is 1.42 bits per heavy atom. The van der Waals surface area contributed by atoms with Gasteiger partial charge in [-0.1, -0.05) is 6.42 Å². The molecule has 1 aliphatic rings. The van der Waals surface area contributed by atoms with E-state index in [-0.39, 0.29) is 12.1 Å². The van der Waals surface area contributed by atoms with Gasteiger partial charge in [0.2, 0.25) is 0 Å². The molecule has 19 heavy (non-hydrogen) atoms. The number of aliphatic hydroxyl groups is 1. The molecule has 1 aliphatic carbocycles. The van der Waals surface area contributed by atoms with Crippen LogP contribution in [-0.4, -0.2) is 23.8 Å². The van der Waals surface area contributed by atoms with Gasteiger partial charge in [-0.15, -0.1) is 11.3 Å². The third-order valence-electron chi connectivity index (χ3n) is 3.36. The van der Waals surface area contributed by atoms with E-state index in [0.717, 1.165) is 34.3 Å².